The van der Waals surface area contributed by atoms with Crippen LogP contribution in [0.25, 0.3) is 0 Å². The first-order valence-electron chi connectivity index (χ1n) is 9.29. The molecule has 2 saturated heterocycles. The number of amides is 1. The molecular formula is C19H27N3O2. The highest BCUT2D eigenvalue weighted by molar-refractivity contribution is 5.98. The van der Waals surface area contributed by atoms with Gasteiger partial charge in [0.15, 0.2) is 0 Å². The zero-order chi connectivity index (χ0) is 16.4. The summed E-state index contributed by atoms with van der Waals surface area (Å²) in [6.45, 7) is 7.15. The number of nitrogens with one attached hydrogen (secondary N) is 1. The number of anilines is 1. The highest BCUT2D eigenvalue weighted by Crippen LogP contribution is 2.31. The van der Waals surface area contributed by atoms with Gasteiger partial charge in [-0.1, -0.05) is 12.1 Å². The number of benzene rings is 1. The molecule has 0 saturated carbocycles. The van der Waals surface area contributed by atoms with Crippen LogP contribution in [-0.4, -0.2) is 62.8 Å². The van der Waals surface area contributed by atoms with Crippen molar-refractivity contribution < 1.29 is 9.53 Å². The maximum Gasteiger partial charge on any atom is 0.256 e. The predicted octanol–water partition coefficient (Wildman–Crippen LogP) is 1.20. The Kier molecular flexibility index (Phi) is 4.83. The van der Waals surface area contributed by atoms with Gasteiger partial charge in [0, 0.05) is 51.6 Å². The van der Waals surface area contributed by atoms with Crippen LogP contribution in [0.2, 0.25) is 0 Å². The first-order valence-corrected chi connectivity index (χ1v) is 9.29. The molecule has 0 radical (unpaired) electrons. The fraction of sp³-hybridized carbons (Fsp3) is 0.632. The Morgan fingerprint density at radius 3 is 2.92 bits per heavy atom. The van der Waals surface area contributed by atoms with Gasteiger partial charge < -0.3 is 19.9 Å². The third kappa shape index (κ3) is 3.34. The fourth-order valence-electron chi connectivity index (χ4n) is 4.01. The molecule has 3 heterocycles. The lowest BCUT2D eigenvalue weighted by Gasteiger charge is -2.27. The van der Waals surface area contributed by atoms with Crippen LogP contribution in [0.1, 0.15) is 24.0 Å². The monoisotopic (exact) mass is 329 g/mol. The van der Waals surface area contributed by atoms with Crippen molar-refractivity contribution in [3.63, 3.8) is 0 Å². The van der Waals surface area contributed by atoms with Crippen molar-refractivity contribution in [3.05, 3.63) is 29.3 Å². The van der Waals surface area contributed by atoms with Crippen LogP contribution in [0.3, 0.4) is 0 Å². The number of hydrogen-bond donors (Lipinski definition) is 1. The maximum absolute atomic E-state index is 12.6. The SMILES string of the molecule is O=C(C1CCCO1)N1CCc2cc(CCN3CCNCC3)ccc21. The Balaban J connectivity index is 1.39. The summed E-state index contributed by atoms with van der Waals surface area (Å²) in [7, 11) is 0. The summed E-state index contributed by atoms with van der Waals surface area (Å²) in [6.07, 6.45) is 3.71. The van der Waals surface area contributed by atoms with Gasteiger partial charge in [-0.2, -0.15) is 0 Å². The highest BCUT2D eigenvalue weighted by Gasteiger charge is 2.32. The zero-order valence-corrected chi connectivity index (χ0v) is 14.3. The molecule has 1 atom stereocenters. The molecule has 0 bridgehead atoms. The minimum atomic E-state index is -0.219. The number of hydrogen-bond acceptors (Lipinski definition) is 4. The van der Waals surface area contributed by atoms with Crippen LogP contribution in [0.5, 0.6) is 0 Å². The van der Waals surface area contributed by atoms with Crippen molar-refractivity contribution in [3.8, 4) is 0 Å². The van der Waals surface area contributed by atoms with E-state index in [1.165, 1.54) is 11.1 Å². The van der Waals surface area contributed by atoms with Crippen LogP contribution in [0.4, 0.5) is 5.69 Å². The standard InChI is InChI=1S/C19H27N3O2/c23-19(18-2-1-13-24-18)22-10-6-16-14-15(3-4-17(16)22)5-9-21-11-7-20-8-12-21/h3-4,14,18,20H,1-2,5-13H2. The number of ether oxygens (including phenoxy) is 1. The molecule has 3 aliphatic heterocycles. The lowest BCUT2D eigenvalue weighted by atomic mass is 10.1. The summed E-state index contributed by atoms with van der Waals surface area (Å²) in [4.78, 5) is 17.1. The zero-order valence-electron chi connectivity index (χ0n) is 14.3. The predicted molar refractivity (Wildman–Crippen MR) is 94.5 cm³/mol. The topological polar surface area (TPSA) is 44.8 Å². The van der Waals surface area contributed by atoms with E-state index in [2.05, 4.69) is 28.4 Å². The van der Waals surface area contributed by atoms with E-state index < -0.39 is 0 Å². The largest absolute Gasteiger partial charge is 0.368 e. The van der Waals surface area contributed by atoms with E-state index in [0.717, 1.165) is 77.2 Å². The average Bonchev–Trinajstić information content (AvgIpc) is 3.30. The molecule has 1 unspecified atom stereocenters. The molecule has 1 amide bonds. The molecule has 1 aromatic rings. The molecule has 5 heteroatoms. The Hall–Kier alpha value is -1.43. The van der Waals surface area contributed by atoms with Crippen LogP contribution in [-0.2, 0) is 22.4 Å². The number of nitrogens with zero attached hydrogens (tertiary/aromatic N) is 2. The van der Waals surface area contributed by atoms with E-state index in [1.54, 1.807) is 0 Å². The van der Waals surface area contributed by atoms with Gasteiger partial charge in [0.25, 0.3) is 5.91 Å². The molecule has 4 rings (SSSR count). The van der Waals surface area contributed by atoms with Crippen molar-refractivity contribution >= 4 is 11.6 Å². The van der Waals surface area contributed by atoms with E-state index in [4.69, 9.17) is 4.74 Å². The van der Waals surface area contributed by atoms with E-state index in [1.807, 2.05) is 4.90 Å². The minimum Gasteiger partial charge on any atom is -0.368 e. The van der Waals surface area contributed by atoms with Crippen molar-refractivity contribution in [1.82, 2.24) is 10.2 Å². The first-order chi connectivity index (χ1) is 11.8. The number of carbonyl (C=O) groups is 1. The minimum absolute atomic E-state index is 0.153. The lowest BCUT2D eigenvalue weighted by molar-refractivity contribution is -0.127. The fourth-order valence-corrected chi connectivity index (χ4v) is 4.01. The van der Waals surface area contributed by atoms with Crippen molar-refractivity contribution in [1.29, 1.82) is 0 Å². The molecule has 0 aromatic heterocycles. The van der Waals surface area contributed by atoms with Crippen molar-refractivity contribution in [2.75, 3.05) is 50.8 Å². The van der Waals surface area contributed by atoms with E-state index >= 15 is 0 Å². The number of piperazine rings is 1. The van der Waals surface area contributed by atoms with Crippen molar-refractivity contribution in [2.45, 2.75) is 31.8 Å². The summed E-state index contributed by atoms with van der Waals surface area (Å²) in [5.41, 5.74) is 3.80. The van der Waals surface area contributed by atoms with Crippen LogP contribution >= 0.6 is 0 Å². The van der Waals surface area contributed by atoms with Gasteiger partial charge in [-0.3, -0.25) is 4.79 Å². The second kappa shape index (κ2) is 7.21. The van der Waals surface area contributed by atoms with Crippen LogP contribution < -0.4 is 10.2 Å². The first kappa shape index (κ1) is 16.1. The Labute approximate surface area is 144 Å². The van der Waals surface area contributed by atoms with Gasteiger partial charge in [0.05, 0.1) is 0 Å². The number of rotatable bonds is 4. The Bertz CT molecular complexity index is 592. The average molecular weight is 329 g/mol. The highest BCUT2D eigenvalue weighted by atomic mass is 16.5. The second-order valence-electron chi connectivity index (χ2n) is 7.05. The molecular weight excluding hydrogens is 302 g/mol. The van der Waals surface area contributed by atoms with E-state index in [-0.39, 0.29) is 12.0 Å². The van der Waals surface area contributed by atoms with Gasteiger partial charge in [0.1, 0.15) is 6.10 Å². The molecule has 5 nitrogen and oxygen atoms in total. The van der Waals surface area contributed by atoms with Crippen molar-refractivity contribution in [2.24, 2.45) is 0 Å². The normalized spacial score (nSPS) is 24.3. The number of fused-ring (bicyclic) bond motifs is 1. The molecule has 24 heavy (non-hydrogen) atoms. The molecule has 0 aliphatic carbocycles. The van der Waals surface area contributed by atoms with Gasteiger partial charge in [0.2, 0.25) is 0 Å². The smallest absolute Gasteiger partial charge is 0.256 e. The summed E-state index contributed by atoms with van der Waals surface area (Å²) >= 11 is 0. The summed E-state index contributed by atoms with van der Waals surface area (Å²) < 4.78 is 5.57. The third-order valence-corrected chi connectivity index (χ3v) is 5.44. The molecule has 3 aliphatic rings. The van der Waals surface area contributed by atoms with E-state index in [0.29, 0.717) is 0 Å². The van der Waals surface area contributed by atoms with Gasteiger partial charge in [-0.05, 0) is 42.9 Å². The molecule has 0 spiro atoms. The molecule has 2 fully saturated rings. The Morgan fingerprint density at radius 2 is 2.12 bits per heavy atom. The lowest BCUT2D eigenvalue weighted by Crippen LogP contribution is -2.44. The quantitative estimate of drug-likeness (QED) is 0.902. The molecule has 130 valence electrons. The van der Waals surface area contributed by atoms with Gasteiger partial charge in [-0.25, -0.2) is 0 Å². The summed E-state index contributed by atoms with van der Waals surface area (Å²) in [5.74, 6) is 0.153. The summed E-state index contributed by atoms with van der Waals surface area (Å²) in [6, 6.07) is 6.64. The molecule has 1 N–H and O–H groups in total. The number of carbonyl (C=O) groups excluding carboxylic acids is 1. The Morgan fingerprint density at radius 1 is 1.25 bits per heavy atom. The second-order valence-corrected chi connectivity index (χ2v) is 7.05. The van der Waals surface area contributed by atoms with Gasteiger partial charge >= 0.3 is 0 Å². The van der Waals surface area contributed by atoms with Gasteiger partial charge in [-0.15, -0.1) is 0 Å². The maximum atomic E-state index is 12.6. The van der Waals surface area contributed by atoms with E-state index in [9.17, 15) is 4.79 Å². The van der Waals surface area contributed by atoms with Crippen LogP contribution in [0.15, 0.2) is 18.2 Å². The third-order valence-electron chi connectivity index (χ3n) is 5.44. The molecule has 1 aromatic carbocycles. The summed E-state index contributed by atoms with van der Waals surface area (Å²) in [5, 5.41) is 3.40. The van der Waals surface area contributed by atoms with Crippen LogP contribution in [0, 0.1) is 0 Å².